The van der Waals surface area contributed by atoms with E-state index in [1.165, 1.54) is 31.3 Å². The lowest BCUT2D eigenvalue weighted by molar-refractivity contribution is -0.146. The first-order valence-electron chi connectivity index (χ1n) is 8.21. The fourth-order valence-electron chi connectivity index (χ4n) is 2.17. The van der Waals surface area contributed by atoms with E-state index in [9.17, 15) is 23.6 Å². The van der Waals surface area contributed by atoms with Crippen molar-refractivity contribution in [2.75, 3.05) is 25.5 Å². The van der Waals surface area contributed by atoms with E-state index >= 15 is 0 Å². The Kier molecular flexibility index (Phi) is 7.21. The lowest BCUT2D eigenvalue weighted by Crippen LogP contribution is -2.32. The number of carbonyl (C=O) groups excluding carboxylic acids is 4. The van der Waals surface area contributed by atoms with Crippen LogP contribution >= 0.6 is 0 Å². The van der Waals surface area contributed by atoms with Crippen LogP contribution in [0.5, 0.6) is 0 Å². The number of rotatable bonds is 7. The molecule has 2 aromatic rings. The number of halogens is 1. The highest BCUT2D eigenvalue weighted by molar-refractivity contribution is 5.98. The van der Waals surface area contributed by atoms with Crippen molar-refractivity contribution in [3.8, 4) is 0 Å². The fourth-order valence-corrected chi connectivity index (χ4v) is 2.17. The molecule has 9 heteroatoms. The quantitative estimate of drug-likeness (QED) is 0.616. The second-order valence-electron chi connectivity index (χ2n) is 5.53. The maximum absolute atomic E-state index is 13.5. The van der Waals surface area contributed by atoms with E-state index in [1.54, 1.807) is 18.2 Å². The molecule has 0 saturated carbocycles. The number of hydrogen-bond acceptors (Lipinski definition) is 5. The molecule has 0 spiro atoms. The third-order valence-corrected chi connectivity index (χ3v) is 3.51. The minimum absolute atomic E-state index is 0.205. The van der Waals surface area contributed by atoms with Gasteiger partial charge in [0.1, 0.15) is 12.4 Å². The Hall–Kier alpha value is -3.75. The summed E-state index contributed by atoms with van der Waals surface area (Å²) in [6.45, 7) is -1.11. The predicted octanol–water partition coefficient (Wildman–Crippen LogP) is 1.10. The molecule has 2 rings (SSSR count). The van der Waals surface area contributed by atoms with Gasteiger partial charge < -0.3 is 20.7 Å². The molecule has 0 saturated heterocycles. The van der Waals surface area contributed by atoms with Gasteiger partial charge in [-0.25, -0.2) is 4.39 Å². The minimum atomic E-state index is -0.862. The Morgan fingerprint density at radius 3 is 2.46 bits per heavy atom. The smallest absolute Gasteiger partial charge is 0.325 e. The zero-order valence-electron chi connectivity index (χ0n) is 15.0. The van der Waals surface area contributed by atoms with Gasteiger partial charge in [-0.2, -0.15) is 0 Å². The summed E-state index contributed by atoms with van der Waals surface area (Å²) in [6.07, 6.45) is 0. The molecule has 3 amide bonds. The fraction of sp³-hybridized carbons (Fsp3) is 0.158. The summed E-state index contributed by atoms with van der Waals surface area (Å²) >= 11 is 0. The van der Waals surface area contributed by atoms with E-state index in [0.717, 1.165) is 6.07 Å². The molecule has 0 radical (unpaired) electrons. The van der Waals surface area contributed by atoms with E-state index < -0.39 is 36.8 Å². The second-order valence-corrected chi connectivity index (χ2v) is 5.53. The third-order valence-electron chi connectivity index (χ3n) is 3.51. The summed E-state index contributed by atoms with van der Waals surface area (Å²) in [5, 5.41) is 7.15. The van der Waals surface area contributed by atoms with Crippen molar-refractivity contribution in [3.05, 3.63) is 65.5 Å². The Morgan fingerprint density at radius 2 is 1.75 bits per heavy atom. The van der Waals surface area contributed by atoms with Crippen LogP contribution < -0.4 is 16.0 Å². The number of ether oxygens (including phenoxy) is 1. The molecule has 0 atom stereocenters. The van der Waals surface area contributed by atoms with Gasteiger partial charge in [0, 0.05) is 18.3 Å². The van der Waals surface area contributed by atoms with E-state index in [-0.39, 0.29) is 11.5 Å². The summed E-state index contributed by atoms with van der Waals surface area (Å²) in [5.41, 5.74) is 0.507. The molecule has 0 heterocycles. The van der Waals surface area contributed by atoms with Gasteiger partial charge in [0.15, 0.2) is 6.61 Å². The summed E-state index contributed by atoms with van der Waals surface area (Å²) in [7, 11) is 1.48. The SMILES string of the molecule is CNC(=O)c1cccc(NC(=O)COC(=O)CNC(=O)c2ccccc2F)c1. The topological polar surface area (TPSA) is 114 Å². The Morgan fingerprint density at radius 1 is 1.00 bits per heavy atom. The summed E-state index contributed by atoms with van der Waals surface area (Å²) in [6, 6.07) is 11.5. The predicted molar refractivity (Wildman–Crippen MR) is 98.2 cm³/mol. The second kappa shape index (κ2) is 9.81. The zero-order valence-corrected chi connectivity index (χ0v) is 15.0. The minimum Gasteiger partial charge on any atom is -0.454 e. The maximum Gasteiger partial charge on any atom is 0.325 e. The monoisotopic (exact) mass is 387 g/mol. The van der Waals surface area contributed by atoms with Crippen molar-refractivity contribution in [1.29, 1.82) is 0 Å². The van der Waals surface area contributed by atoms with Crippen LogP contribution in [-0.4, -0.2) is 43.9 Å². The normalized spacial score (nSPS) is 9.93. The van der Waals surface area contributed by atoms with Crippen LogP contribution in [-0.2, 0) is 14.3 Å². The highest BCUT2D eigenvalue weighted by atomic mass is 19.1. The van der Waals surface area contributed by atoms with Gasteiger partial charge in [-0.1, -0.05) is 18.2 Å². The molecule has 0 aliphatic heterocycles. The Balaban J connectivity index is 1.78. The van der Waals surface area contributed by atoms with Crippen LogP contribution in [0.1, 0.15) is 20.7 Å². The first kappa shape index (κ1) is 20.6. The van der Waals surface area contributed by atoms with Crippen molar-refractivity contribution >= 4 is 29.4 Å². The van der Waals surface area contributed by atoms with Crippen LogP contribution in [0.2, 0.25) is 0 Å². The highest BCUT2D eigenvalue weighted by Gasteiger charge is 2.14. The molecule has 0 aromatic heterocycles. The zero-order chi connectivity index (χ0) is 20.5. The molecule has 0 aliphatic rings. The molecular formula is C19H18FN3O5. The van der Waals surface area contributed by atoms with Crippen LogP contribution in [0.4, 0.5) is 10.1 Å². The average molecular weight is 387 g/mol. The summed E-state index contributed by atoms with van der Waals surface area (Å²) < 4.78 is 18.2. The van der Waals surface area contributed by atoms with Gasteiger partial charge in [-0.15, -0.1) is 0 Å². The molecule has 146 valence electrons. The van der Waals surface area contributed by atoms with E-state index in [4.69, 9.17) is 4.74 Å². The number of benzene rings is 2. The van der Waals surface area contributed by atoms with Gasteiger partial charge in [0.25, 0.3) is 17.7 Å². The van der Waals surface area contributed by atoms with Crippen molar-refractivity contribution in [3.63, 3.8) is 0 Å². The summed E-state index contributed by atoms with van der Waals surface area (Å²) in [5.74, 6) is -3.29. The van der Waals surface area contributed by atoms with E-state index in [1.807, 2.05) is 0 Å². The van der Waals surface area contributed by atoms with Crippen LogP contribution in [0.15, 0.2) is 48.5 Å². The lowest BCUT2D eigenvalue weighted by atomic mass is 10.2. The van der Waals surface area contributed by atoms with Gasteiger partial charge in [-0.3, -0.25) is 19.2 Å². The van der Waals surface area contributed by atoms with Gasteiger partial charge in [-0.05, 0) is 30.3 Å². The average Bonchev–Trinajstić information content (AvgIpc) is 2.70. The molecule has 0 bridgehead atoms. The Labute approximate surface area is 160 Å². The standard InChI is InChI=1S/C19H18FN3O5/c1-21-18(26)12-5-4-6-13(9-12)23-16(24)11-28-17(25)10-22-19(27)14-7-2-3-8-15(14)20/h2-9H,10-11H2,1H3,(H,21,26)(H,22,27)(H,23,24). The van der Waals surface area contributed by atoms with Gasteiger partial charge in [0.2, 0.25) is 0 Å². The van der Waals surface area contributed by atoms with Crippen molar-refractivity contribution < 1.29 is 28.3 Å². The van der Waals surface area contributed by atoms with Crippen molar-refractivity contribution in [1.82, 2.24) is 10.6 Å². The number of amides is 3. The molecule has 28 heavy (non-hydrogen) atoms. The number of anilines is 1. The molecule has 0 unspecified atom stereocenters. The molecule has 0 fully saturated rings. The van der Waals surface area contributed by atoms with Crippen LogP contribution in [0.25, 0.3) is 0 Å². The lowest BCUT2D eigenvalue weighted by Gasteiger charge is -2.09. The van der Waals surface area contributed by atoms with Crippen LogP contribution in [0, 0.1) is 5.82 Å². The number of hydrogen-bond donors (Lipinski definition) is 3. The van der Waals surface area contributed by atoms with Crippen molar-refractivity contribution in [2.24, 2.45) is 0 Å². The molecule has 3 N–H and O–H groups in total. The highest BCUT2D eigenvalue weighted by Crippen LogP contribution is 2.10. The first-order chi connectivity index (χ1) is 13.4. The summed E-state index contributed by atoms with van der Waals surface area (Å²) in [4.78, 5) is 46.8. The van der Waals surface area contributed by atoms with E-state index in [2.05, 4.69) is 16.0 Å². The maximum atomic E-state index is 13.5. The molecular weight excluding hydrogens is 369 g/mol. The Bertz CT molecular complexity index is 901. The molecule has 8 nitrogen and oxygen atoms in total. The number of esters is 1. The van der Waals surface area contributed by atoms with Gasteiger partial charge >= 0.3 is 5.97 Å². The van der Waals surface area contributed by atoms with Crippen molar-refractivity contribution in [2.45, 2.75) is 0 Å². The number of nitrogens with one attached hydrogen (secondary N) is 3. The van der Waals surface area contributed by atoms with Crippen LogP contribution in [0.3, 0.4) is 0 Å². The first-order valence-corrected chi connectivity index (χ1v) is 8.21. The third kappa shape index (κ3) is 5.90. The van der Waals surface area contributed by atoms with Gasteiger partial charge in [0.05, 0.1) is 5.56 Å². The number of carbonyl (C=O) groups is 4. The van der Waals surface area contributed by atoms with E-state index in [0.29, 0.717) is 11.3 Å². The molecule has 2 aromatic carbocycles. The molecule has 0 aliphatic carbocycles. The largest absolute Gasteiger partial charge is 0.454 e.